The monoisotopic (exact) mass is 665 g/mol. The molecule has 1 unspecified atom stereocenters. The van der Waals surface area contributed by atoms with E-state index in [0.29, 0.717) is 46.8 Å². The second-order valence-electron chi connectivity index (χ2n) is 10.6. The molecule has 0 aliphatic carbocycles. The van der Waals surface area contributed by atoms with Crippen LogP contribution in [-0.2, 0) is 4.79 Å². The summed E-state index contributed by atoms with van der Waals surface area (Å²) in [6.45, 7) is 2.44. The van der Waals surface area contributed by atoms with Crippen molar-refractivity contribution in [2.75, 3.05) is 16.8 Å². The van der Waals surface area contributed by atoms with Crippen molar-refractivity contribution in [3.8, 4) is 17.1 Å². The maximum Gasteiger partial charge on any atom is 0.257 e. The van der Waals surface area contributed by atoms with Crippen molar-refractivity contribution in [2.45, 2.75) is 25.8 Å². The molecule has 1 fully saturated rings. The van der Waals surface area contributed by atoms with Crippen LogP contribution < -0.4 is 10.2 Å². The first-order valence-corrected chi connectivity index (χ1v) is 15.0. The molecule has 45 heavy (non-hydrogen) atoms. The Hall–Kier alpha value is -5.30. The van der Waals surface area contributed by atoms with Gasteiger partial charge >= 0.3 is 0 Å². The van der Waals surface area contributed by atoms with Gasteiger partial charge in [0.2, 0.25) is 0 Å². The molecule has 5 heterocycles. The van der Waals surface area contributed by atoms with Gasteiger partial charge in [0.15, 0.2) is 11.5 Å². The second kappa shape index (κ2) is 11.7. The molecule has 4 aromatic heterocycles. The van der Waals surface area contributed by atoms with Crippen molar-refractivity contribution in [1.82, 2.24) is 34.7 Å². The van der Waals surface area contributed by atoms with E-state index < -0.39 is 17.8 Å². The SMILES string of the molecule is Cc1nn(-c2ccccn2)c2ncc(C(=O)Nc3ccc(F)c(-c4cn(C5CCCN(c6ccc(Br)cc6)C5=O)nn4)c3)cc12. The second-order valence-corrected chi connectivity index (χ2v) is 11.6. The predicted molar refractivity (Wildman–Crippen MR) is 170 cm³/mol. The molecule has 0 radical (unpaired) electrons. The van der Waals surface area contributed by atoms with Crippen molar-refractivity contribution in [2.24, 2.45) is 0 Å². The van der Waals surface area contributed by atoms with Gasteiger partial charge in [-0.3, -0.25) is 9.59 Å². The van der Waals surface area contributed by atoms with Crippen LogP contribution in [0.25, 0.3) is 28.1 Å². The molecule has 1 saturated heterocycles. The van der Waals surface area contributed by atoms with Crippen molar-refractivity contribution < 1.29 is 14.0 Å². The number of halogens is 2. The Labute approximate surface area is 264 Å². The molecule has 2 aromatic carbocycles. The molecule has 1 aliphatic heterocycles. The Bertz CT molecular complexity index is 2060. The van der Waals surface area contributed by atoms with Gasteiger partial charge in [-0.2, -0.15) is 9.78 Å². The number of hydrogen-bond acceptors (Lipinski definition) is 7. The van der Waals surface area contributed by atoms with E-state index in [1.54, 1.807) is 28.0 Å². The van der Waals surface area contributed by atoms with E-state index in [4.69, 9.17) is 0 Å². The molecular formula is C32H25BrFN9O2. The zero-order chi connectivity index (χ0) is 31.1. The summed E-state index contributed by atoms with van der Waals surface area (Å²) in [5.41, 5.74) is 3.14. The Kier molecular flexibility index (Phi) is 7.37. The fraction of sp³-hybridized carbons (Fsp3) is 0.156. The van der Waals surface area contributed by atoms with Crippen LogP contribution in [0, 0.1) is 12.7 Å². The maximum atomic E-state index is 15.0. The molecule has 7 rings (SSSR count). The molecule has 0 bridgehead atoms. The topological polar surface area (TPSA) is 124 Å². The molecule has 2 amide bonds. The van der Waals surface area contributed by atoms with E-state index in [2.05, 4.69) is 46.6 Å². The van der Waals surface area contributed by atoms with Crippen LogP contribution in [0.3, 0.4) is 0 Å². The number of amides is 2. The maximum absolute atomic E-state index is 15.0. The number of pyridine rings is 2. The molecule has 1 aliphatic rings. The summed E-state index contributed by atoms with van der Waals surface area (Å²) >= 11 is 3.43. The Morgan fingerprint density at radius 2 is 1.91 bits per heavy atom. The number of rotatable bonds is 6. The predicted octanol–water partition coefficient (Wildman–Crippen LogP) is 5.90. The quantitative estimate of drug-likeness (QED) is 0.235. The van der Waals surface area contributed by atoms with Gasteiger partial charge in [-0.1, -0.05) is 27.2 Å². The van der Waals surface area contributed by atoms with Gasteiger partial charge in [-0.05, 0) is 80.4 Å². The van der Waals surface area contributed by atoms with E-state index in [-0.39, 0.29) is 17.2 Å². The number of aromatic nitrogens is 7. The van der Waals surface area contributed by atoms with E-state index in [9.17, 15) is 9.59 Å². The molecule has 13 heteroatoms. The fourth-order valence-corrected chi connectivity index (χ4v) is 5.71. The Balaban J connectivity index is 1.11. The number of anilines is 2. The lowest BCUT2D eigenvalue weighted by Gasteiger charge is -2.32. The number of carbonyl (C=O) groups is 2. The van der Waals surface area contributed by atoms with Gasteiger partial charge in [0.25, 0.3) is 11.8 Å². The van der Waals surface area contributed by atoms with Gasteiger partial charge in [-0.15, -0.1) is 5.10 Å². The van der Waals surface area contributed by atoms with Crippen LogP contribution in [0.1, 0.15) is 34.9 Å². The number of nitrogens with zero attached hydrogens (tertiary/aromatic N) is 8. The lowest BCUT2D eigenvalue weighted by molar-refractivity contribution is -0.123. The Morgan fingerprint density at radius 1 is 1.07 bits per heavy atom. The average molecular weight is 667 g/mol. The largest absolute Gasteiger partial charge is 0.322 e. The van der Waals surface area contributed by atoms with Crippen LogP contribution in [0.4, 0.5) is 15.8 Å². The molecule has 0 spiro atoms. The Morgan fingerprint density at radius 3 is 2.71 bits per heavy atom. The summed E-state index contributed by atoms with van der Waals surface area (Å²) < 4.78 is 19.1. The first-order valence-electron chi connectivity index (χ1n) is 14.2. The summed E-state index contributed by atoms with van der Waals surface area (Å²) in [7, 11) is 0. The highest BCUT2D eigenvalue weighted by Crippen LogP contribution is 2.31. The van der Waals surface area contributed by atoms with Crippen LogP contribution in [0.2, 0.25) is 0 Å². The van der Waals surface area contributed by atoms with Gasteiger partial charge in [0.1, 0.15) is 17.6 Å². The van der Waals surface area contributed by atoms with Gasteiger partial charge < -0.3 is 10.2 Å². The summed E-state index contributed by atoms with van der Waals surface area (Å²) in [4.78, 5) is 37.2. The summed E-state index contributed by atoms with van der Waals surface area (Å²) in [5.74, 6) is -0.442. The normalized spacial score (nSPS) is 15.0. The third kappa shape index (κ3) is 5.46. The fourth-order valence-electron chi connectivity index (χ4n) is 5.44. The number of carbonyl (C=O) groups excluding carboxylic acids is 2. The first kappa shape index (κ1) is 28.5. The van der Waals surface area contributed by atoms with Crippen LogP contribution in [0.15, 0.2) is 89.8 Å². The van der Waals surface area contributed by atoms with E-state index in [0.717, 1.165) is 16.6 Å². The number of benzene rings is 2. The highest BCUT2D eigenvalue weighted by Gasteiger charge is 2.32. The van der Waals surface area contributed by atoms with Crippen LogP contribution >= 0.6 is 15.9 Å². The zero-order valence-electron chi connectivity index (χ0n) is 23.9. The van der Waals surface area contributed by atoms with Gasteiger partial charge in [0, 0.05) is 45.7 Å². The third-order valence-electron chi connectivity index (χ3n) is 7.71. The molecule has 0 saturated carbocycles. The standard InChI is InChI=1S/C32H25BrFN9O2/c1-19-24-15-20(17-36-30(24)43(39-19)29-6-2-3-13-35-29)31(44)37-22-9-12-26(34)25(16-22)27-18-42(40-38-27)28-5-4-14-41(32(28)45)23-10-7-21(33)8-11-23/h2-3,6-13,15-18,28H,4-5,14H2,1H3,(H,37,44). The van der Waals surface area contributed by atoms with Crippen molar-refractivity contribution in [1.29, 1.82) is 0 Å². The minimum atomic E-state index is -0.567. The molecule has 6 aromatic rings. The number of fused-ring (bicyclic) bond motifs is 1. The number of piperidine rings is 1. The first-order chi connectivity index (χ1) is 21.9. The number of hydrogen-bond donors (Lipinski definition) is 1. The highest BCUT2D eigenvalue weighted by molar-refractivity contribution is 9.10. The number of aryl methyl sites for hydroxylation is 1. The van der Waals surface area contributed by atoms with E-state index in [1.807, 2.05) is 49.4 Å². The van der Waals surface area contributed by atoms with Crippen molar-refractivity contribution >= 4 is 50.2 Å². The average Bonchev–Trinajstić information content (AvgIpc) is 3.68. The van der Waals surface area contributed by atoms with Crippen LogP contribution in [0.5, 0.6) is 0 Å². The molecule has 1 N–H and O–H groups in total. The molecule has 11 nitrogen and oxygen atoms in total. The molecule has 224 valence electrons. The lowest BCUT2D eigenvalue weighted by Crippen LogP contribution is -2.42. The minimum absolute atomic E-state index is 0.104. The third-order valence-corrected chi connectivity index (χ3v) is 8.24. The smallest absolute Gasteiger partial charge is 0.257 e. The minimum Gasteiger partial charge on any atom is -0.322 e. The van der Waals surface area contributed by atoms with Gasteiger partial charge in [0.05, 0.1) is 17.5 Å². The van der Waals surface area contributed by atoms with Crippen LogP contribution in [-0.4, -0.2) is 53.1 Å². The van der Waals surface area contributed by atoms with E-state index >= 15 is 4.39 Å². The zero-order valence-corrected chi connectivity index (χ0v) is 25.5. The van der Waals surface area contributed by atoms with Gasteiger partial charge in [-0.25, -0.2) is 19.0 Å². The van der Waals surface area contributed by atoms with E-state index in [1.165, 1.54) is 29.1 Å². The van der Waals surface area contributed by atoms with Crippen molar-refractivity contribution in [3.63, 3.8) is 0 Å². The number of nitrogens with one attached hydrogen (secondary N) is 1. The highest BCUT2D eigenvalue weighted by atomic mass is 79.9. The van der Waals surface area contributed by atoms with Crippen molar-refractivity contribution in [3.05, 3.63) is 107 Å². The molecule has 1 atom stereocenters. The summed E-state index contributed by atoms with van der Waals surface area (Å²) in [6, 6.07) is 18.4. The molecular weight excluding hydrogens is 641 g/mol. The summed E-state index contributed by atoms with van der Waals surface area (Å²) in [5, 5.41) is 16.4. The summed E-state index contributed by atoms with van der Waals surface area (Å²) in [6.07, 6.45) is 6.07. The lowest BCUT2D eigenvalue weighted by atomic mass is 10.0.